The van der Waals surface area contributed by atoms with Crippen LogP contribution in [0.5, 0.6) is 0 Å². The highest BCUT2D eigenvalue weighted by molar-refractivity contribution is 6.36. The summed E-state index contributed by atoms with van der Waals surface area (Å²) in [5.41, 5.74) is 6.79. The van der Waals surface area contributed by atoms with Gasteiger partial charge in [0.2, 0.25) is 17.8 Å². The molecule has 2 unspecified atom stereocenters. The zero-order valence-electron chi connectivity index (χ0n) is 19.8. The highest BCUT2D eigenvalue weighted by atomic mass is 35.5. The van der Waals surface area contributed by atoms with Crippen LogP contribution in [-0.2, 0) is 9.53 Å². The molecule has 5 rings (SSSR count). The average molecular weight is 536 g/mol. The number of hydrogen-bond acceptors (Lipinski definition) is 7. The van der Waals surface area contributed by atoms with Crippen LogP contribution >= 0.6 is 23.2 Å². The zero-order chi connectivity index (χ0) is 25.4. The first kappa shape index (κ1) is 25.0. The van der Waals surface area contributed by atoms with Crippen LogP contribution in [0.2, 0.25) is 10.0 Å². The van der Waals surface area contributed by atoms with E-state index < -0.39 is 5.82 Å². The van der Waals surface area contributed by atoms with Gasteiger partial charge in [0.25, 0.3) is 0 Å². The van der Waals surface area contributed by atoms with Crippen LogP contribution < -0.4 is 16.4 Å². The Labute approximate surface area is 217 Å². The molecule has 1 saturated carbocycles. The Morgan fingerprint density at radius 2 is 1.97 bits per heavy atom. The van der Waals surface area contributed by atoms with Gasteiger partial charge >= 0.3 is 0 Å². The number of amides is 1. The molecule has 1 amide bonds. The summed E-state index contributed by atoms with van der Waals surface area (Å²) in [6.45, 7) is 3.50. The minimum Gasteiger partial charge on any atom is -0.381 e. The minimum atomic E-state index is -0.592. The van der Waals surface area contributed by atoms with E-state index in [-0.39, 0.29) is 39.6 Å². The number of carbonyl (C=O) groups is 1. The molecule has 1 aliphatic carbocycles. The van der Waals surface area contributed by atoms with E-state index in [0.29, 0.717) is 67.9 Å². The van der Waals surface area contributed by atoms with E-state index in [1.165, 1.54) is 12.1 Å². The summed E-state index contributed by atoms with van der Waals surface area (Å²) in [5.74, 6) is 0.177. The number of fused-ring (bicyclic) bond motifs is 1. The molecule has 1 saturated heterocycles. The van der Waals surface area contributed by atoms with Gasteiger partial charge in [-0.15, -0.1) is 0 Å². The minimum absolute atomic E-state index is 0.0213. The molecular formula is C24H28Cl2FN7O2. The third-order valence-corrected chi connectivity index (χ3v) is 7.61. The van der Waals surface area contributed by atoms with E-state index in [4.69, 9.17) is 38.7 Å². The van der Waals surface area contributed by atoms with Crippen molar-refractivity contribution in [1.29, 1.82) is 0 Å². The number of primary amides is 1. The standard InChI is InChI=1S/C24H28Cl2FN7O2/c1-12-11-36-7-6-18(12)30-23-29-10-19-22(33-23)34(15-4-2-13(3-5-15)21(28)35)24(31-19)32-20-16(26)8-14(25)9-17(20)27/h8-10,12-13,15,18H,2-7,11H2,1H3,(H2,28,35)(H,31,32)(H,29,30,33). The molecule has 2 fully saturated rings. The number of nitrogens with one attached hydrogen (secondary N) is 2. The quantitative estimate of drug-likeness (QED) is 0.402. The summed E-state index contributed by atoms with van der Waals surface area (Å²) < 4.78 is 22.3. The topological polar surface area (TPSA) is 120 Å². The van der Waals surface area contributed by atoms with Gasteiger partial charge < -0.3 is 21.1 Å². The smallest absolute Gasteiger partial charge is 0.224 e. The Balaban J connectivity index is 1.53. The van der Waals surface area contributed by atoms with Gasteiger partial charge in [-0.1, -0.05) is 30.1 Å². The molecular weight excluding hydrogens is 508 g/mol. The summed E-state index contributed by atoms with van der Waals surface area (Å²) in [4.78, 5) is 25.7. The second kappa shape index (κ2) is 10.4. The van der Waals surface area contributed by atoms with Crippen molar-refractivity contribution in [3.63, 3.8) is 0 Å². The molecule has 36 heavy (non-hydrogen) atoms. The Morgan fingerprint density at radius 1 is 1.19 bits per heavy atom. The maximum absolute atomic E-state index is 14.8. The average Bonchev–Trinajstić information content (AvgIpc) is 3.20. The van der Waals surface area contributed by atoms with Crippen LogP contribution in [0.15, 0.2) is 18.3 Å². The number of nitrogens with two attached hydrogens (primary N) is 1. The zero-order valence-corrected chi connectivity index (χ0v) is 21.3. The Morgan fingerprint density at radius 3 is 2.67 bits per heavy atom. The van der Waals surface area contributed by atoms with Gasteiger partial charge in [-0.3, -0.25) is 9.36 Å². The number of aromatic nitrogens is 4. The van der Waals surface area contributed by atoms with E-state index in [1.54, 1.807) is 6.20 Å². The normalized spacial score (nSPS) is 24.6. The number of benzene rings is 1. The lowest BCUT2D eigenvalue weighted by Gasteiger charge is -2.30. The molecule has 2 aliphatic rings. The van der Waals surface area contributed by atoms with E-state index in [0.717, 1.165) is 6.42 Å². The first-order valence-corrected chi connectivity index (χ1v) is 12.9. The van der Waals surface area contributed by atoms with Gasteiger partial charge in [0.15, 0.2) is 5.65 Å². The lowest BCUT2D eigenvalue weighted by molar-refractivity contribution is -0.122. The lowest BCUT2D eigenvalue weighted by Crippen LogP contribution is -2.36. The Kier molecular flexibility index (Phi) is 7.18. The summed E-state index contributed by atoms with van der Waals surface area (Å²) >= 11 is 12.2. The van der Waals surface area contributed by atoms with Crippen molar-refractivity contribution >= 4 is 57.9 Å². The van der Waals surface area contributed by atoms with Crippen LogP contribution in [0, 0.1) is 17.7 Å². The van der Waals surface area contributed by atoms with Crippen LogP contribution in [0.25, 0.3) is 11.2 Å². The molecule has 2 atom stereocenters. The van der Waals surface area contributed by atoms with Crippen LogP contribution in [0.4, 0.5) is 22.0 Å². The van der Waals surface area contributed by atoms with E-state index in [9.17, 15) is 9.18 Å². The van der Waals surface area contributed by atoms with Gasteiger partial charge in [0, 0.05) is 29.6 Å². The van der Waals surface area contributed by atoms with Crippen molar-refractivity contribution in [3.8, 4) is 0 Å². The van der Waals surface area contributed by atoms with Crippen molar-refractivity contribution in [1.82, 2.24) is 19.5 Å². The molecule has 0 radical (unpaired) electrons. The van der Waals surface area contributed by atoms with Gasteiger partial charge in [0.1, 0.15) is 11.3 Å². The molecule has 12 heteroatoms. The third kappa shape index (κ3) is 5.07. The molecule has 1 aliphatic heterocycles. The van der Waals surface area contributed by atoms with Crippen LogP contribution in [0.1, 0.15) is 45.1 Å². The summed E-state index contributed by atoms with van der Waals surface area (Å²) in [7, 11) is 0. The highest BCUT2D eigenvalue weighted by Gasteiger charge is 2.30. The number of carbonyl (C=O) groups excluding carboxylic acids is 1. The molecule has 9 nitrogen and oxygen atoms in total. The van der Waals surface area contributed by atoms with Crippen molar-refractivity contribution in [2.45, 2.75) is 51.1 Å². The Bertz CT molecular complexity index is 1260. The molecule has 192 valence electrons. The number of imidazole rings is 1. The first-order chi connectivity index (χ1) is 17.3. The van der Waals surface area contributed by atoms with Crippen molar-refractivity contribution in [3.05, 3.63) is 34.2 Å². The van der Waals surface area contributed by atoms with Crippen molar-refractivity contribution < 1.29 is 13.9 Å². The van der Waals surface area contributed by atoms with Crippen molar-refractivity contribution in [2.24, 2.45) is 17.6 Å². The summed E-state index contributed by atoms with van der Waals surface area (Å²) in [5, 5.41) is 6.83. The van der Waals surface area contributed by atoms with Gasteiger partial charge in [-0.05, 0) is 50.2 Å². The molecule has 0 bridgehead atoms. The second-order valence-corrected chi connectivity index (χ2v) is 10.4. The molecule has 3 aromatic rings. The fourth-order valence-electron chi connectivity index (χ4n) is 5.05. The van der Waals surface area contributed by atoms with Crippen molar-refractivity contribution in [2.75, 3.05) is 23.8 Å². The number of ether oxygens (including phenoxy) is 1. The van der Waals surface area contributed by atoms with E-state index >= 15 is 0 Å². The molecule has 3 heterocycles. The Hall–Kier alpha value is -2.69. The predicted molar refractivity (Wildman–Crippen MR) is 137 cm³/mol. The molecule has 1 aromatic carbocycles. The number of halogens is 3. The SMILES string of the molecule is CC1COCCC1Nc1ncc2nc(Nc3c(F)cc(Cl)cc3Cl)n(C3CCC(C(N)=O)CC3)c2n1. The van der Waals surface area contributed by atoms with Gasteiger partial charge in [-0.2, -0.15) is 4.98 Å². The maximum atomic E-state index is 14.8. The third-order valence-electron chi connectivity index (χ3n) is 7.10. The predicted octanol–water partition coefficient (Wildman–Crippen LogP) is 5.07. The van der Waals surface area contributed by atoms with E-state index in [1.807, 2.05) is 4.57 Å². The van der Waals surface area contributed by atoms with Crippen LogP contribution in [0.3, 0.4) is 0 Å². The molecule has 0 spiro atoms. The molecule has 2 aromatic heterocycles. The largest absolute Gasteiger partial charge is 0.381 e. The monoisotopic (exact) mass is 535 g/mol. The molecule has 4 N–H and O–H groups in total. The number of nitrogens with zero attached hydrogens (tertiary/aromatic N) is 4. The number of hydrogen-bond donors (Lipinski definition) is 3. The number of rotatable bonds is 6. The second-order valence-electron chi connectivity index (χ2n) is 9.58. The fraction of sp³-hybridized carbons (Fsp3) is 0.500. The van der Waals surface area contributed by atoms with E-state index in [2.05, 4.69) is 27.5 Å². The summed E-state index contributed by atoms with van der Waals surface area (Å²) in [6.07, 6.45) is 5.24. The van der Waals surface area contributed by atoms with Crippen LogP contribution in [-0.4, -0.2) is 44.7 Å². The highest BCUT2D eigenvalue weighted by Crippen LogP contribution is 2.38. The number of anilines is 3. The van der Waals surface area contributed by atoms with Gasteiger partial charge in [-0.25, -0.2) is 14.4 Å². The first-order valence-electron chi connectivity index (χ1n) is 12.1. The lowest BCUT2D eigenvalue weighted by atomic mass is 9.85. The van der Waals surface area contributed by atoms with Gasteiger partial charge in [0.05, 0.1) is 23.5 Å². The maximum Gasteiger partial charge on any atom is 0.224 e. The summed E-state index contributed by atoms with van der Waals surface area (Å²) in [6, 6.07) is 2.83. The fourth-order valence-corrected chi connectivity index (χ4v) is 5.56.